The van der Waals surface area contributed by atoms with Crippen molar-refractivity contribution in [2.45, 2.75) is 37.8 Å². The standard InChI is InChI=1S/C20H26F2N2O3/c1-26-17-5-4-16(21)19(22)18(17)20(25)24-11-13-2-3-15(24)12-23(10-13)14-6-8-27-9-7-14/h4-5,13-15H,2-3,6-12H2,1H3/t13-,15+/m0/s1. The minimum Gasteiger partial charge on any atom is -0.496 e. The van der Waals surface area contributed by atoms with Crippen molar-refractivity contribution in [3.8, 4) is 5.75 Å². The molecule has 4 aliphatic heterocycles. The average molecular weight is 380 g/mol. The number of rotatable bonds is 3. The average Bonchev–Trinajstić information content (AvgIpc) is 3.02. The third-order valence-electron chi connectivity index (χ3n) is 6.20. The number of carbonyl (C=O) groups is 1. The molecular weight excluding hydrogens is 354 g/mol. The van der Waals surface area contributed by atoms with Crippen molar-refractivity contribution in [3.63, 3.8) is 0 Å². The lowest BCUT2D eigenvalue weighted by molar-refractivity contribution is 0.0303. The molecule has 0 saturated carbocycles. The van der Waals surface area contributed by atoms with Crippen LogP contribution in [-0.4, -0.2) is 67.7 Å². The van der Waals surface area contributed by atoms with Crippen LogP contribution in [0.5, 0.6) is 5.75 Å². The molecule has 4 aliphatic rings. The first-order valence-electron chi connectivity index (χ1n) is 9.73. The number of benzene rings is 1. The lowest BCUT2D eigenvalue weighted by Crippen LogP contribution is -2.48. The van der Waals surface area contributed by atoms with Gasteiger partial charge in [0.15, 0.2) is 11.6 Å². The Morgan fingerprint density at radius 1 is 1.07 bits per heavy atom. The quantitative estimate of drug-likeness (QED) is 0.809. The van der Waals surface area contributed by atoms with Gasteiger partial charge in [-0.15, -0.1) is 0 Å². The zero-order valence-corrected chi connectivity index (χ0v) is 15.6. The van der Waals surface area contributed by atoms with Gasteiger partial charge in [0.25, 0.3) is 5.91 Å². The Hall–Kier alpha value is -1.73. The van der Waals surface area contributed by atoms with Gasteiger partial charge in [-0.05, 0) is 43.7 Å². The molecule has 1 aromatic rings. The Morgan fingerprint density at radius 2 is 1.85 bits per heavy atom. The van der Waals surface area contributed by atoms with Crippen LogP contribution in [0, 0.1) is 17.6 Å². The summed E-state index contributed by atoms with van der Waals surface area (Å²) in [5, 5.41) is 0. The molecule has 1 aromatic carbocycles. The number of piperidine rings is 1. The SMILES string of the molecule is COc1ccc(F)c(F)c1C(=O)N1C[C@H]2CC[C@@H]1CN(C1CCOCC1)C2. The van der Waals surface area contributed by atoms with Gasteiger partial charge in [0.2, 0.25) is 0 Å². The summed E-state index contributed by atoms with van der Waals surface area (Å²) < 4.78 is 38.8. The second-order valence-corrected chi connectivity index (χ2v) is 7.79. The molecule has 4 fully saturated rings. The molecule has 2 bridgehead atoms. The first kappa shape index (κ1) is 18.6. The third-order valence-corrected chi connectivity index (χ3v) is 6.20. The molecule has 0 aromatic heterocycles. The number of nitrogens with zero attached hydrogens (tertiary/aromatic N) is 2. The molecule has 0 spiro atoms. The predicted octanol–water partition coefficient (Wildman–Crippen LogP) is 2.69. The maximum Gasteiger partial charge on any atom is 0.261 e. The largest absolute Gasteiger partial charge is 0.496 e. The molecule has 7 heteroatoms. The maximum absolute atomic E-state index is 14.4. The van der Waals surface area contributed by atoms with Crippen LogP contribution in [0.1, 0.15) is 36.0 Å². The van der Waals surface area contributed by atoms with E-state index in [0.29, 0.717) is 18.5 Å². The minimum absolute atomic E-state index is 0.0199. The van der Waals surface area contributed by atoms with Gasteiger partial charge in [-0.3, -0.25) is 9.69 Å². The van der Waals surface area contributed by atoms with Gasteiger partial charge >= 0.3 is 0 Å². The van der Waals surface area contributed by atoms with Crippen molar-refractivity contribution in [3.05, 3.63) is 29.3 Å². The normalized spacial score (nSPS) is 26.9. The van der Waals surface area contributed by atoms with Crippen LogP contribution >= 0.6 is 0 Å². The highest BCUT2D eigenvalue weighted by Crippen LogP contribution is 2.34. The molecule has 148 valence electrons. The number of fused-ring (bicyclic) bond motifs is 4. The van der Waals surface area contributed by atoms with Crippen molar-refractivity contribution < 1.29 is 23.0 Å². The first-order chi connectivity index (χ1) is 13.1. The number of hydrogen-bond acceptors (Lipinski definition) is 4. The Balaban J connectivity index is 1.58. The van der Waals surface area contributed by atoms with Gasteiger partial charge in [-0.25, -0.2) is 8.78 Å². The van der Waals surface area contributed by atoms with E-state index in [4.69, 9.17) is 9.47 Å². The molecule has 0 N–H and O–H groups in total. The van der Waals surface area contributed by atoms with Gasteiger partial charge in [-0.2, -0.15) is 0 Å². The van der Waals surface area contributed by atoms with Crippen LogP contribution in [0.15, 0.2) is 12.1 Å². The van der Waals surface area contributed by atoms with Crippen molar-refractivity contribution >= 4 is 5.91 Å². The summed E-state index contributed by atoms with van der Waals surface area (Å²) in [6, 6.07) is 2.81. The molecule has 2 atom stereocenters. The Labute approximate surface area is 158 Å². The Morgan fingerprint density at radius 3 is 2.59 bits per heavy atom. The van der Waals surface area contributed by atoms with Crippen LogP contribution in [0.3, 0.4) is 0 Å². The molecule has 4 saturated heterocycles. The van der Waals surface area contributed by atoms with Gasteiger partial charge in [0.1, 0.15) is 11.3 Å². The second kappa shape index (κ2) is 7.72. The molecule has 5 nitrogen and oxygen atoms in total. The summed E-state index contributed by atoms with van der Waals surface area (Å²) in [4.78, 5) is 17.4. The van der Waals surface area contributed by atoms with E-state index in [1.54, 1.807) is 4.90 Å². The first-order valence-corrected chi connectivity index (χ1v) is 9.73. The van der Waals surface area contributed by atoms with E-state index < -0.39 is 17.5 Å². The molecule has 0 radical (unpaired) electrons. The molecule has 27 heavy (non-hydrogen) atoms. The zero-order valence-electron chi connectivity index (χ0n) is 15.6. The van der Waals surface area contributed by atoms with E-state index in [-0.39, 0.29) is 17.4 Å². The lowest BCUT2D eigenvalue weighted by Gasteiger charge is -2.37. The Bertz CT molecular complexity index is 709. The van der Waals surface area contributed by atoms with Gasteiger partial charge in [0.05, 0.1) is 7.11 Å². The lowest BCUT2D eigenvalue weighted by atomic mass is 9.94. The Kier molecular flexibility index (Phi) is 5.32. The van der Waals surface area contributed by atoms with Crippen LogP contribution in [0.2, 0.25) is 0 Å². The van der Waals surface area contributed by atoms with E-state index in [2.05, 4.69) is 4.90 Å². The molecule has 4 heterocycles. The van der Waals surface area contributed by atoms with Gasteiger partial charge < -0.3 is 14.4 Å². The summed E-state index contributed by atoms with van der Waals surface area (Å²) in [6.45, 7) is 3.89. The van der Waals surface area contributed by atoms with E-state index in [9.17, 15) is 13.6 Å². The van der Waals surface area contributed by atoms with Crippen molar-refractivity contribution in [1.29, 1.82) is 0 Å². The molecule has 5 rings (SSSR count). The van der Waals surface area contributed by atoms with Crippen LogP contribution in [0.25, 0.3) is 0 Å². The molecule has 1 amide bonds. The third kappa shape index (κ3) is 3.55. The van der Waals surface area contributed by atoms with Crippen molar-refractivity contribution in [1.82, 2.24) is 9.80 Å². The fourth-order valence-corrected chi connectivity index (χ4v) is 4.76. The van der Waals surface area contributed by atoms with E-state index in [0.717, 1.165) is 58.1 Å². The summed E-state index contributed by atoms with van der Waals surface area (Å²) in [7, 11) is 1.37. The smallest absolute Gasteiger partial charge is 0.261 e. The number of carbonyl (C=O) groups excluding carboxylic acids is 1. The fraction of sp³-hybridized carbons (Fsp3) is 0.650. The van der Waals surface area contributed by atoms with E-state index in [1.807, 2.05) is 0 Å². The number of amides is 1. The maximum atomic E-state index is 14.4. The second-order valence-electron chi connectivity index (χ2n) is 7.79. The summed E-state index contributed by atoms with van der Waals surface area (Å²) in [5.41, 5.74) is -0.289. The number of halogens is 2. The zero-order chi connectivity index (χ0) is 19.0. The highest BCUT2D eigenvalue weighted by Gasteiger charge is 2.41. The van der Waals surface area contributed by atoms with Gasteiger partial charge in [0, 0.05) is 44.9 Å². The number of hydrogen-bond donors (Lipinski definition) is 0. The fourth-order valence-electron chi connectivity index (χ4n) is 4.76. The summed E-state index contributed by atoms with van der Waals surface area (Å²) >= 11 is 0. The van der Waals surface area contributed by atoms with Crippen LogP contribution in [-0.2, 0) is 4.74 Å². The van der Waals surface area contributed by atoms with Gasteiger partial charge in [-0.1, -0.05) is 0 Å². The molecule has 0 unspecified atom stereocenters. The summed E-state index contributed by atoms with van der Waals surface area (Å²) in [5.74, 6) is -2.17. The van der Waals surface area contributed by atoms with E-state index >= 15 is 0 Å². The van der Waals surface area contributed by atoms with Crippen molar-refractivity contribution in [2.24, 2.45) is 5.92 Å². The highest BCUT2D eigenvalue weighted by molar-refractivity contribution is 5.97. The van der Waals surface area contributed by atoms with Crippen LogP contribution in [0.4, 0.5) is 8.78 Å². The van der Waals surface area contributed by atoms with Crippen LogP contribution < -0.4 is 4.74 Å². The highest BCUT2D eigenvalue weighted by atomic mass is 19.2. The topological polar surface area (TPSA) is 42.0 Å². The molecule has 0 aliphatic carbocycles. The summed E-state index contributed by atoms with van der Waals surface area (Å²) in [6.07, 6.45) is 3.99. The monoisotopic (exact) mass is 380 g/mol. The molecular formula is C20H26F2N2O3. The van der Waals surface area contributed by atoms with Crippen molar-refractivity contribution in [2.75, 3.05) is 40.0 Å². The number of ether oxygens (including phenoxy) is 2. The minimum atomic E-state index is -1.12. The van der Waals surface area contributed by atoms with E-state index in [1.165, 1.54) is 13.2 Å². The predicted molar refractivity (Wildman–Crippen MR) is 95.9 cm³/mol. The number of methoxy groups -OCH3 is 1.